The van der Waals surface area contributed by atoms with Gasteiger partial charge in [-0.05, 0) is 58.6 Å². The molecule has 8 aromatic carbocycles. The molecule has 0 aliphatic rings. The number of hydrogen-bond acceptors (Lipinski definition) is 4. The van der Waals surface area contributed by atoms with E-state index in [4.69, 9.17) is 31.4 Å². The summed E-state index contributed by atoms with van der Waals surface area (Å²) in [6.45, 7) is 0. The maximum atomic E-state index is 9.20. The summed E-state index contributed by atoms with van der Waals surface area (Å²) >= 11 is 1.72. The summed E-state index contributed by atoms with van der Waals surface area (Å²) in [5, 5.41) is 1.31. The van der Waals surface area contributed by atoms with Crippen LogP contribution in [0.4, 0.5) is 0 Å². The first-order chi connectivity index (χ1) is 34.9. The number of benzene rings is 8. The van der Waals surface area contributed by atoms with Crippen LogP contribution in [0.1, 0.15) is 21.9 Å². The van der Waals surface area contributed by atoms with E-state index < -0.39 is 109 Å². The fraction of sp³-hybridized carbons (Fsp3) is 0. The Morgan fingerprint density at radius 1 is 0.404 bits per heavy atom. The Kier molecular flexibility index (Phi) is 4.40. The number of thiophene rings is 1. The van der Waals surface area contributed by atoms with Gasteiger partial charge in [-0.15, -0.1) is 11.3 Å². The Balaban J connectivity index is 1.16. The van der Waals surface area contributed by atoms with E-state index in [-0.39, 0.29) is 49.4 Å². The molecule has 5 nitrogen and oxygen atoms in total. The SMILES string of the molecule is [2H]c1c([2H])c([2H])c2c(c1[2H])c1c([2H])c([2H])c([2H])c([2H])c1n2-c1nc(-c2cccc(-c3ccc(-c4cccc5c4sc4ccccc45)cc3)c2)nc(-n2c3c([2H])c([2H])c([2H])c([2H])c3c3c([2H])c([2H])c([2H])c([2H])c32)n1. The fourth-order valence-corrected chi connectivity index (χ4v) is 8.82. The van der Waals surface area contributed by atoms with Crippen LogP contribution in [-0.4, -0.2) is 24.1 Å². The number of aromatic nitrogens is 5. The average Bonchev–Trinajstić information content (AvgIpc) is 4.10. The lowest BCUT2D eigenvalue weighted by Gasteiger charge is -2.13. The topological polar surface area (TPSA) is 48.5 Å². The van der Waals surface area contributed by atoms with Crippen molar-refractivity contribution in [3.63, 3.8) is 0 Å². The van der Waals surface area contributed by atoms with Gasteiger partial charge in [0.1, 0.15) is 0 Å². The van der Waals surface area contributed by atoms with Gasteiger partial charge >= 0.3 is 0 Å². The Morgan fingerprint density at radius 3 is 1.49 bits per heavy atom. The van der Waals surface area contributed by atoms with E-state index in [1.165, 1.54) is 10.1 Å². The predicted octanol–water partition coefficient (Wildman–Crippen LogP) is 13.4. The van der Waals surface area contributed by atoms with E-state index in [0.717, 1.165) is 35.9 Å². The van der Waals surface area contributed by atoms with Gasteiger partial charge < -0.3 is 0 Å². The van der Waals surface area contributed by atoms with Crippen molar-refractivity contribution >= 4 is 75.1 Å². The second-order valence-electron chi connectivity index (χ2n) is 13.3. The molecule has 0 bridgehead atoms. The second-order valence-corrected chi connectivity index (χ2v) is 14.3. The lowest BCUT2D eigenvalue weighted by Crippen LogP contribution is -2.10. The van der Waals surface area contributed by atoms with Crippen molar-refractivity contribution in [3.05, 3.63) is 188 Å². The molecule has 0 N–H and O–H groups in total. The molecule has 0 radical (unpaired) electrons. The van der Waals surface area contributed by atoms with Crippen LogP contribution in [0, 0.1) is 0 Å². The van der Waals surface area contributed by atoms with Crippen molar-refractivity contribution in [2.75, 3.05) is 0 Å². The number of rotatable bonds is 5. The highest BCUT2D eigenvalue weighted by atomic mass is 32.1. The van der Waals surface area contributed by atoms with Crippen molar-refractivity contribution in [3.8, 4) is 45.5 Å². The average molecular weight is 762 g/mol. The van der Waals surface area contributed by atoms with Crippen LogP contribution in [0.5, 0.6) is 0 Å². The van der Waals surface area contributed by atoms with E-state index >= 15 is 0 Å². The maximum absolute atomic E-state index is 9.20. The molecule has 12 rings (SSSR count). The smallest absolute Gasteiger partial charge is 0.240 e. The summed E-state index contributed by atoms with van der Waals surface area (Å²) in [4.78, 5) is 14.5. The molecule has 0 aliphatic heterocycles. The molecule has 57 heavy (non-hydrogen) atoms. The molecular formula is C51H31N5S. The monoisotopic (exact) mass is 761 g/mol. The lowest BCUT2D eigenvalue weighted by atomic mass is 9.98. The van der Waals surface area contributed by atoms with Gasteiger partial charge in [0.25, 0.3) is 0 Å². The third kappa shape index (κ3) is 4.98. The highest BCUT2D eigenvalue weighted by Crippen LogP contribution is 2.41. The van der Waals surface area contributed by atoms with Gasteiger partial charge in [-0.25, -0.2) is 0 Å². The minimum Gasteiger partial charge on any atom is -0.278 e. The van der Waals surface area contributed by atoms with Gasteiger partial charge in [0.2, 0.25) is 11.9 Å². The molecule has 0 spiro atoms. The fourth-order valence-electron chi connectivity index (χ4n) is 7.58. The standard InChI is InChI=1S/C51H31N5S/c1-6-22-43-37(15-1)38-16-2-7-23-44(38)55(43)50-52-49(53-51(54-50)56-45-24-8-3-17-39(45)40-18-4-9-25-46(40)56)35-14-11-13-34(31-35)32-27-29-33(30-28-32)36-20-12-21-42-41-19-5-10-26-47(41)57-48(36)42/h1-31H/i1D,2D,3D,4D,6D,7D,8D,9D,15D,16D,17D,18D,22D,23D,24D,25D. The van der Waals surface area contributed by atoms with Crippen molar-refractivity contribution in [2.45, 2.75) is 0 Å². The third-order valence-corrected chi connectivity index (χ3v) is 11.4. The van der Waals surface area contributed by atoms with Gasteiger partial charge in [0.05, 0.1) is 44.0 Å². The van der Waals surface area contributed by atoms with E-state index in [1.54, 1.807) is 29.5 Å². The molecule has 0 unspecified atom stereocenters. The summed E-state index contributed by atoms with van der Waals surface area (Å²) in [7, 11) is 0. The summed E-state index contributed by atoms with van der Waals surface area (Å²) in [6.07, 6.45) is 0. The van der Waals surface area contributed by atoms with Crippen molar-refractivity contribution < 1.29 is 21.9 Å². The van der Waals surface area contributed by atoms with Gasteiger partial charge in [0.15, 0.2) is 5.82 Å². The van der Waals surface area contributed by atoms with E-state index in [0.29, 0.717) is 11.1 Å². The minimum atomic E-state index is -0.695. The van der Waals surface area contributed by atoms with Crippen LogP contribution in [0.25, 0.3) is 109 Å². The molecule has 0 amide bonds. The van der Waals surface area contributed by atoms with Gasteiger partial charge in [-0.1, -0.05) is 151 Å². The first kappa shape index (κ1) is 20.0. The number of nitrogens with zero attached hydrogens (tertiary/aromatic N) is 5. The second kappa shape index (κ2) is 12.6. The van der Waals surface area contributed by atoms with Crippen LogP contribution in [-0.2, 0) is 0 Å². The van der Waals surface area contributed by atoms with Gasteiger partial charge in [-0.2, -0.15) is 15.0 Å². The molecular weight excluding hydrogens is 715 g/mol. The Hall–Kier alpha value is -7.41. The summed E-state index contributed by atoms with van der Waals surface area (Å²) in [5.74, 6) is -1.06. The summed E-state index contributed by atoms with van der Waals surface area (Å²) in [6, 6.07) is 19.2. The lowest BCUT2D eigenvalue weighted by molar-refractivity contribution is 0.893. The maximum Gasteiger partial charge on any atom is 0.240 e. The van der Waals surface area contributed by atoms with Crippen molar-refractivity contribution in [2.24, 2.45) is 0 Å². The Morgan fingerprint density at radius 2 is 0.895 bits per heavy atom. The molecule has 0 saturated carbocycles. The third-order valence-electron chi connectivity index (χ3n) is 10.1. The molecule has 0 atom stereocenters. The molecule has 0 fully saturated rings. The normalized spacial score (nSPS) is 15.8. The zero-order valence-electron chi connectivity index (χ0n) is 45.3. The van der Waals surface area contributed by atoms with Crippen LogP contribution in [0.3, 0.4) is 0 Å². The molecule has 6 heteroatoms. The zero-order chi connectivity index (χ0) is 51.4. The van der Waals surface area contributed by atoms with E-state index in [9.17, 15) is 5.48 Å². The number of fused-ring (bicyclic) bond motifs is 9. The highest BCUT2D eigenvalue weighted by Gasteiger charge is 2.20. The molecule has 4 aromatic heterocycles. The summed E-state index contributed by atoms with van der Waals surface area (Å²) < 4.78 is 147. The Bertz CT molecular complexity index is 4140. The molecule has 4 heterocycles. The van der Waals surface area contributed by atoms with Gasteiger partial charge in [-0.3, -0.25) is 9.13 Å². The van der Waals surface area contributed by atoms with Crippen molar-refractivity contribution in [1.29, 1.82) is 0 Å². The summed E-state index contributed by atoms with van der Waals surface area (Å²) in [5.41, 5.74) is 2.63. The molecule has 12 aromatic rings. The largest absolute Gasteiger partial charge is 0.278 e. The first-order valence-corrected chi connectivity index (χ1v) is 18.6. The van der Waals surface area contributed by atoms with Gasteiger partial charge in [0, 0.05) is 47.3 Å². The van der Waals surface area contributed by atoms with Crippen molar-refractivity contribution in [1.82, 2.24) is 24.1 Å². The predicted molar refractivity (Wildman–Crippen MR) is 238 cm³/mol. The van der Waals surface area contributed by atoms with Crippen LogP contribution >= 0.6 is 11.3 Å². The Labute approximate surface area is 353 Å². The zero-order valence-corrected chi connectivity index (χ0v) is 30.1. The quantitative estimate of drug-likeness (QED) is 0.175. The van der Waals surface area contributed by atoms with E-state index in [2.05, 4.69) is 24.3 Å². The number of para-hydroxylation sites is 4. The number of hydrogen-bond donors (Lipinski definition) is 0. The van der Waals surface area contributed by atoms with Crippen LogP contribution in [0.15, 0.2) is 188 Å². The van der Waals surface area contributed by atoms with Crippen LogP contribution in [0.2, 0.25) is 0 Å². The minimum absolute atomic E-state index is 0.136. The molecule has 0 saturated heterocycles. The molecule has 0 aliphatic carbocycles. The van der Waals surface area contributed by atoms with Crippen LogP contribution < -0.4 is 0 Å². The van der Waals surface area contributed by atoms with E-state index in [1.807, 2.05) is 48.5 Å². The molecule has 266 valence electrons. The highest BCUT2D eigenvalue weighted by molar-refractivity contribution is 7.26. The first-order valence-electron chi connectivity index (χ1n) is 25.8.